The minimum Gasteiger partial charge on any atom is -0.872 e. The van der Waals surface area contributed by atoms with E-state index in [1.54, 1.807) is 0 Å². The first kappa shape index (κ1) is 34.0. The zero-order valence-corrected chi connectivity index (χ0v) is 26.1. The van der Waals surface area contributed by atoms with E-state index in [1.165, 1.54) is 37.3 Å². The molecule has 9 nitrogen and oxygen atoms in total. The second kappa shape index (κ2) is 13.5. The number of ketones is 1. The van der Waals surface area contributed by atoms with E-state index in [9.17, 15) is 42.7 Å². The number of rotatable bonds is 5. The number of carbonyl (C=O) groups is 3. The van der Waals surface area contributed by atoms with E-state index in [0.717, 1.165) is 24.3 Å². The summed E-state index contributed by atoms with van der Waals surface area (Å²) in [4.78, 5) is 34.4. The molecular formula is C22H13Na3O9S. The molecule has 0 saturated heterocycles. The Morgan fingerprint density at radius 3 is 2.03 bits per heavy atom. The van der Waals surface area contributed by atoms with Crippen molar-refractivity contribution >= 4 is 33.4 Å². The van der Waals surface area contributed by atoms with Crippen molar-refractivity contribution in [2.75, 3.05) is 0 Å². The number of carboxylic acid groups (broad SMARTS) is 2. The largest absolute Gasteiger partial charge is 1.00 e. The number of benzene rings is 2. The fourth-order valence-electron chi connectivity index (χ4n) is 3.29. The molecule has 0 fully saturated rings. The molecule has 0 saturated carbocycles. The molecule has 0 spiro atoms. The van der Waals surface area contributed by atoms with Gasteiger partial charge in [-0.15, -0.1) is 0 Å². The molecule has 164 valence electrons. The van der Waals surface area contributed by atoms with Crippen molar-refractivity contribution in [3.63, 3.8) is 0 Å². The summed E-state index contributed by atoms with van der Waals surface area (Å²) in [5.74, 6) is -5.23. The molecule has 0 radical (unpaired) electrons. The van der Waals surface area contributed by atoms with Crippen LogP contribution in [0.15, 0.2) is 76.2 Å². The molecule has 1 aliphatic rings. The van der Waals surface area contributed by atoms with Gasteiger partial charge in [-0.05, 0) is 59.1 Å². The summed E-state index contributed by atoms with van der Waals surface area (Å²) < 4.78 is 33.7. The Morgan fingerprint density at radius 2 is 1.49 bits per heavy atom. The molecule has 35 heavy (non-hydrogen) atoms. The first-order valence-electron chi connectivity index (χ1n) is 8.91. The van der Waals surface area contributed by atoms with Gasteiger partial charge < -0.3 is 24.9 Å². The molecular weight excluding hydrogens is 509 g/mol. The smallest absolute Gasteiger partial charge is 0.872 e. The normalized spacial score (nSPS) is 14.3. The zero-order valence-electron chi connectivity index (χ0n) is 19.3. The van der Waals surface area contributed by atoms with Crippen LogP contribution in [0.3, 0.4) is 0 Å². The van der Waals surface area contributed by atoms with Crippen LogP contribution >= 0.6 is 0 Å². The van der Waals surface area contributed by atoms with E-state index in [0.29, 0.717) is 0 Å². The third-order valence-corrected chi connectivity index (χ3v) is 5.62. The van der Waals surface area contributed by atoms with Gasteiger partial charge >= 0.3 is 88.7 Å². The van der Waals surface area contributed by atoms with E-state index in [2.05, 4.69) is 0 Å². The maximum Gasteiger partial charge on any atom is 1.00 e. The number of carbonyl (C=O) groups excluding carboxylic acids is 3. The number of allylic oxidation sites excluding steroid dienone is 4. The summed E-state index contributed by atoms with van der Waals surface area (Å²) in [7, 11) is -4.78. The number of Topliss-reactive ketones (excluding diaryl/α,β-unsaturated/α-hetero) is 1. The van der Waals surface area contributed by atoms with Crippen LogP contribution < -0.4 is 104 Å². The average Bonchev–Trinajstić information content (AvgIpc) is 2.71. The van der Waals surface area contributed by atoms with Gasteiger partial charge in [0.1, 0.15) is 4.90 Å². The van der Waals surface area contributed by atoms with E-state index in [1.807, 2.05) is 0 Å². The predicted octanol–water partition coefficient (Wildman–Crippen LogP) is -9.61. The third-order valence-electron chi connectivity index (χ3n) is 4.71. The van der Waals surface area contributed by atoms with Gasteiger partial charge in [0.15, 0.2) is 5.78 Å². The quantitative estimate of drug-likeness (QED) is 0.227. The molecule has 0 unspecified atom stereocenters. The van der Waals surface area contributed by atoms with Gasteiger partial charge in [-0.2, -0.15) is 8.42 Å². The van der Waals surface area contributed by atoms with Crippen molar-refractivity contribution in [1.29, 1.82) is 0 Å². The first-order valence-corrected chi connectivity index (χ1v) is 10.4. The molecule has 0 amide bonds. The van der Waals surface area contributed by atoms with Gasteiger partial charge in [-0.25, -0.2) is 0 Å². The molecule has 0 heterocycles. The van der Waals surface area contributed by atoms with Crippen LogP contribution in [0.2, 0.25) is 0 Å². The van der Waals surface area contributed by atoms with Crippen LogP contribution in [0, 0.1) is 0 Å². The Balaban J connectivity index is 0.00000385. The minimum atomic E-state index is -4.78. The Hall–Kier alpha value is -1.02. The van der Waals surface area contributed by atoms with E-state index in [-0.39, 0.29) is 117 Å². The van der Waals surface area contributed by atoms with Gasteiger partial charge in [0.05, 0.1) is 11.9 Å². The summed E-state index contributed by atoms with van der Waals surface area (Å²) in [5, 5.41) is 34.7. The molecule has 1 N–H and O–H groups in total. The summed E-state index contributed by atoms with van der Waals surface area (Å²) >= 11 is 0. The van der Waals surface area contributed by atoms with Crippen molar-refractivity contribution in [2.45, 2.75) is 11.8 Å². The predicted molar refractivity (Wildman–Crippen MR) is 104 cm³/mol. The van der Waals surface area contributed by atoms with Gasteiger partial charge in [0.25, 0.3) is 10.1 Å². The van der Waals surface area contributed by atoms with Gasteiger partial charge in [0.2, 0.25) is 0 Å². The molecule has 1 aliphatic carbocycles. The second-order valence-electron chi connectivity index (χ2n) is 6.80. The summed E-state index contributed by atoms with van der Waals surface area (Å²) in [6, 6.07) is 8.19. The summed E-state index contributed by atoms with van der Waals surface area (Å²) in [5.41, 5.74) is -1.60. The maximum atomic E-state index is 12.2. The van der Waals surface area contributed by atoms with E-state index in [4.69, 9.17) is 0 Å². The van der Waals surface area contributed by atoms with Crippen molar-refractivity contribution < 1.29 is 131 Å². The number of aliphatic carboxylic acids is 1. The second-order valence-corrected chi connectivity index (χ2v) is 8.19. The molecule has 0 aromatic heterocycles. The Kier molecular flexibility index (Phi) is 13.1. The summed E-state index contributed by atoms with van der Waals surface area (Å²) in [6.07, 6.45) is 2.22. The van der Waals surface area contributed by atoms with Crippen LogP contribution in [0.1, 0.15) is 28.4 Å². The fourth-order valence-corrected chi connectivity index (χ4v) is 3.99. The van der Waals surface area contributed by atoms with Crippen LogP contribution in [0.5, 0.6) is 5.75 Å². The maximum absolute atomic E-state index is 12.2. The van der Waals surface area contributed by atoms with Crippen molar-refractivity contribution in [2.24, 2.45) is 0 Å². The molecule has 3 rings (SSSR count). The summed E-state index contributed by atoms with van der Waals surface area (Å²) in [6.45, 7) is 1.33. The van der Waals surface area contributed by atoms with E-state index >= 15 is 0 Å². The van der Waals surface area contributed by atoms with Crippen LogP contribution in [-0.2, 0) is 19.7 Å². The van der Waals surface area contributed by atoms with Crippen LogP contribution in [0.4, 0.5) is 0 Å². The Bertz CT molecular complexity index is 1390. The molecule has 2 aromatic rings. The fraction of sp³-hybridized carbons (Fsp3) is 0.0455. The molecule has 0 bridgehead atoms. The molecule has 13 heteroatoms. The van der Waals surface area contributed by atoms with Crippen molar-refractivity contribution in [3.05, 3.63) is 88.0 Å². The average molecular weight is 522 g/mol. The van der Waals surface area contributed by atoms with Gasteiger partial charge in [0, 0.05) is 11.1 Å². The number of carboxylic acids is 2. The van der Waals surface area contributed by atoms with Crippen LogP contribution in [0.25, 0.3) is 5.57 Å². The van der Waals surface area contributed by atoms with Gasteiger partial charge in [-0.1, -0.05) is 36.1 Å². The topological polar surface area (TPSA) is 175 Å². The monoisotopic (exact) mass is 522 g/mol. The Morgan fingerprint density at radius 1 is 0.886 bits per heavy atom. The zero-order chi connectivity index (χ0) is 23.8. The molecule has 0 aliphatic heterocycles. The van der Waals surface area contributed by atoms with E-state index < -0.39 is 49.6 Å². The van der Waals surface area contributed by atoms with Crippen molar-refractivity contribution in [1.82, 2.24) is 0 Å². The standard InChI is InChI=1S/C22H16O9S.3Na/c1-11-8-13(10-16(20(11)24)22(27)28)19(12-6-7-17(23)15(9-12)21(25)26)14-4-2-3-5-18(14)32(29,30)31;;;/h2-10,23H,1H3,(H,25,26)(H,27,28)(H,29,30,31);;;/q;3*+1/p-3/b19-13+;;;. The van der Waals surface area contributed by atoms with Gasteiger partial charge in [-0.3, -0.25) is 9.35 Å². The third kappa shape index (κ3) is 7.50. The number of hydrogen-bond acceptors (Lipinski definition) is 8. The first-order chi connectivity index (χ1) is 14.9. The molecule has 2 aromatic carbocycles. The van der Waals surface area contributed by atoms with Crippen molar-refractivity contribution in [3.8, 4) is 5.75 Å². The van der Waals surface area contributed by atoms with Crippen LogP contribution in [-0.4, -0.2) is 30.7 Å². The number of aromatic carboxylic acids is 1. The minimum absolute atomic E-state index is 0. The molecule has 0 atom stereocenters. The SMILES string of the molecule is CC1=C/C(=C(/c2ccc([O-])c(C(=O)[O-])c2)c2ccccc2S(=O)(=O)O)C=C(C(=O)[O-])C1=O.[Na+].[Na+].[Na+]. The Labute approximate surface area is 267 Å². The number of hydrogen-bond donors (Lipinski definition) is 1.